The van der Waals surface area contributed by atoms with Gasteiger partial charge in [-0.15, -0.1) is 0 Å². The van der Waals surface area contributed by atoms with E-state index in [2.05, 4.69) is 6.07 Å². The number of hydrogen-bond donors (Lipinski definition) is 0. The second-order valence-electron chi connectivity index (χ2n) is 7.20. The molecule has 1 aliphatic heterocycles. The van der Waals surface area contributed by atoms with E-state index in [4.69, 9.17) is 4.74 Å². The Morgan fingerprint density at radius 3 is 2.62 bits per heavy atom. The van der Waals surface area contributed by atoms with Gasteiger partial charge in [-0.25, -0.2) is 0 Å². The number of benzene rings is 2. The number of fused-ring (bicyclic) bond motifs is 3. The molecule has 0 saturated heterocycles. The smallest absolute Gasteiger partial charge is 0.322 e. The van der Waals surface area contributed by atoms with Crippen molar-refractivity contribution >= 4 is 17.6 Å². The zero-order chi connectivity index (χ0) is 18.1. The summed E-state index contributed by atoms with van der Waals surface area (Å²) in [4.78, 5) is 28.3. The van der Waals surface area contributed by atoms with Crippen molar-refractivity contribution in [3.63, 3.8) is 0 Å². The SMILES string of the molecule is COC(=O)[C@@]12CCCC[C@H]1c1ccccc1N(Cc1ccccc1)C2=O. The number of rotatable bonds is 3. The van der Waals surface area contributed by atoms with Crippen LogP contribution in [0.4, 0.5) is 5.69 Å². The first kappa shape index (κ1) is 16.8. The van der Waals surface area contributed by atoms with Crippen LogP contribution in [0.25, 0.3) is 0 Å². The Kier molecular flexibility index (Phi) is 4.27. The minimum Gasteiger partial charge on any atom is -0.468 e. The molecule has 4 heteroatoms. The number of carbonyl (C=O) groups is 2. The molecule has 1 aliphatic carbocycles. The van der Waals surface area contributed by atoms with Gasteiger partial charge >= 0.3 is 5.97 Å². The molecule has 2 aromatic rings. The van der Waals surface area contributed by atoms with Crippen LogP contribution in [0.15, 0.2) is 54.6 Å². The lowest BCUT2D eigenvalue weighted by Gasteiger charge is -2.48. The van der Waals surface area contributed by atoms with Crippen molar-refractivity contribution in [1.82, 2.24) is 0 Å². The summed E-state index contributed by atoms with van der Waals surface area (Å²) in [5.41, 5.74) is 1.97. The zero-order valence-electron chi connectivity index (χ0n) is 15.0. The Balaban J connectivity index is 1.86. The summed E-state index contributed by atoms with van der Waals surface area (Å²) < 4.78 is 5.15. The number of carbonyl (C=O) groups excluding carboxylic acids is 2. The van der Waals surface area contributed by atoms with Crippen LogP contribution in [0.3, 0.4) is 0 Å². The number of amides is 1. The molecule has 0 aromatic heterocycles. The number of methoxy groups -OCH3 is 1. The lowest BCUT2D eigenvalue weighted by Crippen LogP contribution is -2.56. The Hall–Kier alpha value is -2.62. The maximum Gasteiger partial charge on any atom is 0.322 e. The molecule has 2 aromatic carbocycles. The Morgan fingerprint density at radius 2 is 1.85 bits per heavy atom. The van der Waals surface area contributed by atoms with Crippen LogP contribution in [0.2, 0.25) is 0 Å². The molecule has 2 aliphatic rings. The zero-order valence-corrected chi connectivity index (χ0v) is 15.0. The van der Waals surface area contributed by atoms with Crippen molar-refractivity contribution in [2.24, 2.45) is 5.41 Å². The number of para-hydroxylation sites is 1. The van der Waals surface area contributed by atoms with Crippen molar-refractivity contribution < 1.29 is 14.3 Å². The highest BCUT2D eigenvalue weighted by molar-refractivity contribution is 6.13. The fraction of sp³-hybridized carbons (Fsp3) is 0.364. The molecule has 1 saturated carbocycles. The maximum atomic E-state index is 13.7. The number of anilines is 1. The van der Waals surface area contributed by atoms with Crippen LogP contribution in [0.1, 0.15) is 42.7 Å². The molecule has 0 radical (unpaired) electrons. The molecule has 1 amide bonds. The van der Waals surface area contributed by atoms with Gasteiger partial charge in [-0.2, -0.15) is 0 Å². The van der Waals surface area contributed by atoms with Crippen molar-refractivity contribution in [3.05, 3.63) is 65.7 Å². The summed E-state index contributed by atoms with van der Waals surface area (Å²) in [6.45, 7) is 0.460. The van der Waals surface area contributed by atoms with Gasteiger partial charge in [0.15, 0.2) is 5.41 Å². The Bertz CT molecular complexity index is 832. The average Bonchev–Trinajstić information content (AvgIpc) is 2.71. The number of esters is 1. The van der Waals surface area contributed by atoms with Gasteiger partial charge in [-0.05, 0) is 30.0 Å². The van der Waals surface area contributed by atoms with Crippen LogP contribution >= 0.6 is 0 Å². The largest absolute Gasteiger partial charge is 0.468 e. The molecule has 1 fully saturated rings. The third-order valence-electron chi connectivity index (χ3n) is 5.87. The fourth-order valence-electron chi connectivity index (χ4n) is 4.66. The van der Waals surface area contributed by atoms with Gasteiger partial charge in [0.2, 0.25) is 5.91 Å². The van der Waals surface area contributed by atoms with E-state index in [0.717, 1.165) is 36.1 Å². The van der Waals surface area contributed by atoms with E-state index in [9.17, 15) is 9.59 Å². The van der Waals surface area contributed by atoms with E-state index in [0.29, 0.717) is 13.0 Å². The summed E-state index contributed by atoms with van der Waals surface area (Å²) >= 11 is 0. The van der Waals surface area contributed by atoms with Crippen LogP contribution in [-0.2, 0) is 20.9 Å². The van der Waals surface area contributed by atoms with Crippen molar-refractivity contribution in [1.29, 1.82) is 0 Å². The molecule has 4 nitrogen and oxygen atoms in total. The first-order valence-corrected chi connectivity index (χ1v) is 9.21. The highest BCUT2D eigenvalue weighted by Crippen LogP contribution is 2.55. The second kappa shape index (κ2) is 6.60. The molecular formula is C22H23NO3. The van der Waals surface area contributed by atoms with Gasteiger partial charge < -0.3 is 9.64 Å². The molecule has 0 N–H and O–H groups in total. The molecule has 1 heterocycles. The van der Waals surface area contributed by atoms with Gasteiger partial charge in [-0.1, -0.05) is 61.4 Å². The summed E-state index contributed by atoms with van der Waals surface area (Å²) in [6.07, 6.45) is 3.31. The number of ether oxygens (including phenoxy) is 1. The molecule has 26 heavy (non-hydrogen) atoms. The van der Waals surface area contributed by atoms with Crippen molar-refractivity contribution in [2.45, 2.75) is 38.1 Å². The third kappa shape index (κ3) is 2.44. The lowest BCUT2D eigenvalue weighted by molar-refractivity contribution is -0.162. The second-order valence-corrected chi connectivity index (χ2v) is 7.20. The summed E-state index contributed by atoms with van der Waals surface area (Å²) in [5.74, 6) is -0.601. The van der Waals surface area contributed by atoms with E-state index in [-0.39, 0.29) is 17.8 Å². The monoisotopic (exact) mass is 349 g/mol. The van der Waals surface area contributed by atoms with Crippen LogP contribution in [0, 0.1) is 5.41 Å². The first-order valence-electron chi connectivity index (χ1n) is 9.21. The fourth-order valence-corrected chi connectivity index (χ4v) is 4.66. The van der Waals surface area contributed by atoms with Gasteiger partial charge in [-0.3, -0.25) is 9.59 Å². The lowest BCUT2D eigenvalue weighted by atomic mass is 9.60. The van der Waals surface area contributed by atoms with Crippen molar-refractivity contribution in [3.8, 4) is 0 Å². The minimum absolute atomic E-state index is 0.0978. The van der Waals surface area contributed by atoms with Gasteiger partial charge in [0, 0.05) is 11.6 Å². The van der Waals surface area contributed by atoms with Gasteiger partial charge in [0.05, 0.1) is 13.7 Å². The summed E-state index contributed by atoms with van der Waals surface area (Å²) in [7, 11) is 1.39. The van der Waals surface area contributed by atoms with Crippen LogP contribution < -0.4 is 4.90 Å². The Morgan fingerprint density at radius 1 is 1.12 bits per heavy atom. The maximum absolute atomic E-state index is 13.7. The average molecular weight is 349 g/mol. The predicted octanol–water partition coefficient (Wildman–Crippen LogP) is 4.05. The standard InChI is InChI=1S/C22H23NO3/c1-26-21(25)22-14-8-7-12-18(22)17-11-5-6-13-19(17)23(20(22)24)15-16-9-3-2-4-10-16/h2-6,9-11,13,18H,7-8,12,14-15H2,1H3/t18-,22-/m0/s1. The summed E-state index contributed by atoms with van der Waals surface area (Å²) in [6, 6.07) is 17.9. The topological polar surface area (TPSA) is 46.6 Å². The quantitative estimate of drug-likeness (QED) is 0.620. The van der Waals surface area contributed by atoms with Crippen molar-refractivity contribution in [2.75, 3.05) is 12.0 Å². The van der Waals surface area contributed by atoms with E-state index in [1.807, 2.05) is 48.5 Å². The third-order valence-corrected chi connectivity index (χ3v) is 5.87. The molecular weight excluding hydrogens is 326 g/mol. The van der Waals surface area contributed by atoms with E-state index in [1.165, 1.54) is 7.11 Å². The van der Waals surface area contributed by atoms with E-state index in [1.54, 1.807) is 4.90 Å². The van der Waals surface area contributed by atoms with Gasteiger partial charge in [0.25, 0.3) is 0 Å². The predicted molar refractivity (Wildman–Crippen MR) is 99.7 cm³/mol. The normalized spacial score (nSPS) is 24.6. The molecule has 0 spiro atoms. The first-order chi connectivity index (χ1) is 12.7. The van der Waals surface area contributed by atoms with Crippen LogP contribution in [-0.4, -0.2) is 19.0 Å². The van der Waals surface area contributed by atoms with E-state index < -0.39 is 5.41 Å². The van der Waals surface area contributed by atoms with Gasteiger partial charge in [0.1, 0.15) is 0 Å². The molecule has 2 atom stereocenters. The molecule has 0 bridgehead atoms. The Labute approximate surface area is 153 Å². The summed E-state index contributed by atoms with van der Waals surface area (Å²) in [5, 5.41) is 0. The number of nitrogens with zero attached hydrogens (tertiary/aromatic N) is 1. The highest BCUT2D eigenvalue weighted by Gasteiger charge is 2.59. The van der Waals surface area contributed by atoms with E-state index >= 15 is 0 Å². The number of hydrogen-bond acceptors (Lipinski definition) is 3. The highest BCUT2D eigenvalue weighted by atomic mass is 16.5. The molecule has 0 unspecified atom stereocenters. The van der Waals surface area contributed by atoms with Crippen LogP contribution in [0.5, 0.6) is 0 Å². The molecule has 134 valence electrons. The minimum atomic E-state index is -1.09. The molecule has 4 rings (SSSR count).